The molecule has 1 aliphatic carbocycles. The van der Waals surface area contributed by atoms with Gasteiger partial charge in [-0.15, -0.1) is 0 Å². The van der Waals surface area contributed by atoms with Crippen LogP contribution < -0.4 is 34.0 Å². The summed E-state index contributed by atoms with van der Waals surface area (Å²) in [5.74, 6) is -0.728. The maximum absolute atomic E-state index is 12.4. The van der Waals surface area contributed by atoms with Gasteiger partial charge in [0.25, 0.3) is 0 Å². The van der Waals surface area contributed by atoms with Gasteiger partial charge in [0, 0.05) is 19.1 Å². The minimum atomic E-state index is -1.46. The van der Waals surface area contributed by atoms with Gasteiger partial charge >= 0.3 is 0 Å². The molecule has 2 aliphatic heterocycles. The average Bonchev–Trinajstić information content (AvgIpc) is 3.13. The van der Waals surface area contributed by atoms with Crippen LogP contribution >= 0.6 is 0 Å². The van der Waals surface area contributed by atoms with E-state index in [-0.39, 0.29) is 38.6 Å². The predicted molar refractivity (Wildman–Crippen MR) is 125 cm³/mol. The molecule has 2 heterocycles. The SMILES string of the molecule is NCCC(O)C(=O)NC1CC(N)C(OC2OC(CN)CCC2N)C(OC2OC(CN)C(O)C2O)C1O. The van der Waals surface area contributed by atoms with Crippen LogP contribution in [0.5, 0.6) is 0 Å². The molecule has 15 N–H and O–H groups in total. The molecule has 3 fully saturated rings. The van der Waals surface area contributed by atoms with Crippen LogP contribution in [0, 0.1) is 0 Å². The molecule has 13 atom stereocenters. The highest BCUT2D eigenvalue weighted by atomic mass is 16.7. The first-order valence-corrected chi connectivity index (χ1v) is 12.4. The number of carbonyl (C=O) groups is 1. The third-order valence-electron chi connectivity index (χ3n) is 6.99. The lowest BCUT2D eigenvalue weighted by atomic mass is 9.83. The fraction of sp³-hybridized carbons (Fsp3) is 0.952. The maximum atomic E-state index is 12.4. The van der Waals surface area contributed by atoms with Gasteiger partial charge in [-0.05, 0) is 32.2 Å². The van der Waals surface area contributed by atoms with Crippen molar-refractivity contribution in [1.29, 1.82) is 0 Å². The van der Waals surface area contributed by atoms with E-state index in [4.69, 9.17) is 47.6 Å². The Morgan fingerprint density at radius 3 is 2.22 bits per heavy atom. The van der Waals surface area contributed by atoms with E-state index in [0.717, 1.165) is 0 Å². The molecule has 1 amide bonds. The summed E-state index contributed by atoms with van der Waals surface area (Å²) in [6.07, 6.45) is -9.84. The van der Waals surface area contributed by atoms with Crippen LogP contribution in [0.15, 0.2) is 0 Å². The highest BCUT2D eigenvalue weighted by Crippen LogP contribution is 2.32. The van der Waals surface area contributed by atoms with Crippen molar-refractivity contribution >= 4 is 5.91 Å². The summed E-state index contributed by atoms with van der Waals surface area (Å²) in [6, 6.07) is -2.21. The molecule has 15 nitrogen and oxygen atoms in total. The largest absolute Gasteiger partial charge is 0.388 e. The van der Waals surface area contributed by atoms with E-state index in [2.05, 4.69) is 5.32 Å². The molecule has 36 heavy (non-hydrogen) atoms. The Balaban J connectivity index is 1.80. The summed E-state index contributed by atoms with van der Waals surface area (Å²) in [4.78, 5) is 12.4. The summed E-state index contributed by atoms with van der Waals surface area (Å²) in [6.45, 7) is 0.287. The first-order chi connectivity index (χ1) is 17.1. The van der Waals surface area contributed by atoms with Crippen LogP contribution in [0.25, 0.3) is 0 Å². The molecule has 0 bridgehead atoms. The van der Waals surface area contributed by atoms with Crippen molar-refractivity contribution in [2.75, 3.05) is 19.6 Å². The van der Waals surface area contributed by atoms with E-state index in [1.165, 1.54) is 0 Å². The number of rotatable bonds is 10. The topological polar surface area (TPSA) is 277 Å². The van der Waals surface area contributed by atoms with E-state index in [9.17, 15) is 25.2 Å². The predicted octanol–water partition coefficient (Wildman–Crippen LogP) is -5.76. The van der Waals surface area contributed by atoms with Crippen LogP contribution in [0.1, 0.15) is 25.7 Å². The van der Waals surface area contributed by atoms with Gasteiger partial charge in [0.05, 0.1) is 18.2 Å². The summed E-state index contributed by atoms with van der Waals surface area (Å²) in [5, 5.41) is 44.3. The number of aliphatic hydroxyl groups excluding tert-OH is 4. The monoisotopic (exact) mass is 522 g/mol. The van der Waals surface area contributed by atoms with Gasteiger partial charge in [-0.3, -0.25) is 4.79 Å². The summed E-state index contributed by atoms with van der Waals surface area (Å²) in [7, 11) is 0. The molecule has 0 spiro atoms. The zero-order chi connectivity index (χ0) is 26.6. The fourth-order valence-corrected chi connectivity index (χ4v) is 4.79. The van der Waals surface area contributed by atoms with Crippen LogP contribution in [-0.4, -0.2) is 126 Å². The molecule has 210 valence electrons. The summed E-state index contributed by atoms with van der Waals surface area (Å²) in [5.41, 5.74) is 29.3. The molecule has 0 aromatic rings. The standard InChI is InChI=1S/C21H42N6O9/c22-4-3-12(28)19(32)27-11-5-10(26)17(35-20-9(25)2-1-8(6-23)33-20)18(14(11)29)36-21-16(31)15(30)13(7-24)34-21/h8-18,20-21,28-31H,1-7,22-26H2,(H,27,32). The Morgan fingerprint density at radius 1 is 0.917 bits per heavy atom. The van der Waals surface area contributed by atoms with Crippen LogP contribution in [0.2, 0.25) is 0 Å². The molecule has 3 rings (SSSR count). The number of hydrogen-bond donors (Lipinski definition) is 10. The number of aliphatic hydroxyl groups is 4. The normalized spacial score (nSPS) is 44.4. The second kappa shape index (κ2) is 13.1. The van der Waals surface area contributed by atoms with Gasteiger partial charge in [-0.1, -0.05) is 0 Å². The molecule has 3 aliphatic rings. The second-order valence-corrected chi connectivity index (χ2v) is 9.66. The Morgan fingerprint density at radius 2 is 1.61 bits per heavy atom. The lowest BCUT2D eigenvalue weighted by molar-refractivity contribution is -0.287. The van der Waals surface area contributed by atoms with Crippen molar-refractivity contribution in [3.63, 3.8) is 0 Å². The van der Waals surface area contributed by atoms with Gasteiger partial charge in [-0.25, -0.2) is 0 Å². The minimum Gasteiger partial charge on any atom is -0.388 e. The van der Waals surface area contributed by atoms with Crippen LogP contribution in [0.4, 0.5) is 0 Å². The molecule has 0 radical (unpaired) electrons. The highest BCUT2D eigenvalue weighted by Gasteiger charge is 2.51. The molecule has 13 unspecified atom stereocenters. The number of ether oxygens (including phenoxy) is 4. The third-order valence-corrected chi connectivity index (χ3v) is 6.99. The molecule has 2 saturated heterocycles. The van der Waals surface area contributed by atoms with Crippen LogP contribution in [-0.2, 0) is 23.7 Å². The summed E-state index contributed by atoms with van der Waals surface area (Å²) >= 11 is 0. The molecule has 1 saturated carbocycles. The third kappa shape index (κ3) is 6.68. The van der Waals surface area contributed by atoms with E-state index in [0.29, 0.717) is 12.8 Å². The van der Waals surface area contributed by atoms with Crippen molar-refractivity contribution < 1.29 is 44.2 Å². The number of nitrogens with one attached hydrogen (secondary N) is 1. The van der Waals surface area contributed by atoms with Crippen molar-refractivity contribution in [3.05, 3.63) is 0 Å². The molecular weight excluding hydrogens is 480 g/mol. The van der Waals surface area contributed by atoms with Gasteiger partial charge in [0.15, 0.2) is 12.6 Å². The number of carbonyl (C=O) groups excluding carboxylic acids is 1. The zero-order valence-electron chi connectivity index (χ0n) is 20.2. The fourth-order valence-electron chi connectivity index (χ4n) is 4.79. The van der Waals surface area contributed by atoms with Crippen molar-refractivity contribution in [3.8, 4) is 0 Å². The average molecular weight is 523 g/mol. The van der Waals surface area contributed by atoms with Crippen LogP contribution in [0.3, 0.4) is 0 Å². The Labute approximate surface area is 209 Å². The Hall–Kier alpha value is -1.05. The van der Waals surface area contributed by atoms with Crippen molar-refractivity contribution in [1.82, 2.24) is 5.32 Å². The number of hydrogen-bond acceptors (Lipinski definition) is 14. The van der Waals surface area contributed by atoms with Gasteiger partial charge in [0.1, 0.15) is 42.7 Å². The number of amides is 1. The quantitative estimate of drug-likeness (QED) is 0.128. The van der Waals surface area contributed by atoms with E-state index in [1.807, 2.05) is 0 Å². The maximum Gasteiger partial charge on any atom is 0.249 e. The number of nitrogens with two attached hydrogens (primary N) is 5. The van der Waals surface area contributed by atoms with Gasteiger partial charge < -0.3 is 73.4 Å². The Kier molecular flexibility index (Phi) is 10.8. The smallest absolute Gasteiger partial charge is 0.249 e. The first-order valence-electron chi connectivity index (χ1n) is 12.4. The second-order valence-electron chi connectivity index (χ2n) is 9.66. The van der Waals surface area contributed by atoms with E-state index in [1.54, 1.807) is 0 Å². The first kappa shape index (κ1) is 29.5. The highest BCUT2D eigenvalue weighted by molar-refractivity contribution is 5.80. The minimum absolute atomic E-state index is 0.0338. The van der Waals surface area contributed by atoms with Gasteiger partial charge in [-0.2, -0.15) is 0 Å². The summed E-state index contributed by atoms with van der Waals surface area (Å²) < 4.78 is 23.4. The van der Waals surface area contributed by atoms with E-state index >= 15 is 0 Å². The molecular formula is C21H42N6O9. The lowest BCUT2D eigenvalue weighted by Gasteiger charge is -2.46. The molecule has 0 aromatic heterocycles. The van der Waals surface area contributed by atoms with Crippen molar-refractivity contribution in [2.45, 2.75) is 105 Å². The molecule has 15 heteroatoms. The van der Waals surface area contributed by atoms with E-state index < -0.39 is 79.3 Å². The molecule has 0 aromatic carbocycles. The van der Waals surface area contributed by atoms with Crippen molar-refractivity contribution in [2.24, 2.45) is 28.7 Å². The van der Waals surface area contributed by atoms with Gasteiger partial charge in [0.2, 0.25) is 5.91 Å². The Bertz CT molecular complexity index is 711. The lowest BCUT2D eigenvalue weighted by Crippen LogP contribution is -2.67. The zero-order valence-corrected chi connectivity index (χ0v) is 20.2.